The summed E-state index contributed by atoms with van der Waals surface area (Å²) in [5, 5.41) is 16.2. The molecule has 212 valence electrons. The van der Waals surface area contributed by atoms with E-state index in [1.807, 2.05) is 24.3 Å². The predicted molar refractivity (Wildman–Crippen MR) is 160 cm³/mol. The molecule has 0 unspecified atom stereocenters. The minimum absolute atomic E-state index is 0.145. The summed E-state index contributed by atoms with van der Waals surface area (Å²) in [6.07, 6.45) is 7.75. The number of thiazole rings is 1. The smallest absolute Gasteiger partial charge is 0.335 e. The fourth-order valence-corrected chi connectivity index (χ4v) is 8.60. The molecule has 7 nitrogen and oxygen atoms in total. The standard InChI is InChI=1S/C31H29Cl2N3O4S/c32-22-5-2-6-23(33)26(22)28-21(29(40-35-28)16-7-8-16)14-39-24-12-19-9-18(24)13-36(19)31-34-27-20(15-3-1-4-15)10-17(30(37)38)11-25(27)41-31/h2,5-6,10-11,15-16,18-19,24H,1,3-4,7-9,12-14H2,(H,37,38)/t18-,19-,24+/m1/s1. The first-order valence-electron chi connectivity index (χ1n) is 14.4. The van der Waals surface area contributed by atoms with E-state index in [2.05, 4.69) is 10.1 Å². The van der Waals surface area contributed by atoms with E-state index in [0.717, 1.165) is 77.3 Å². The number of hydrogen-bond donors (Lipinski definition) is 1. The number of fused-ring (bicyclic) bond motifs is 3. The highest BCUT2D eigenvalue weighted by Gasteiger charge is 2.47. The van der Waals surface area contributed by atoms with Crippen LogP contribution in [0.1, 0.15) is 84.0 Å². The number of piperidine rings is 1. The van der Waals surface area contributed by atoms with Gasteiger partial charge in [0.1, 0.15) is 11.5 Å². The van der Waals surface area contributed by atoms with Crippen LogP contribution >= 0.6 is 34.5 Å². The van der Waals surface area contributed by atoms with Gasteiger partial charge in [0.2, 0.25) is 0 Å². The Hall–Kier alpha value is -2.65. The van der Waals surface area contributed by atoms with E-state index < -0.39 is 5.97 Å². The third kappa shape index (κ3) is 4.46. The van der Waals surface area contributed by atoms with Crippen molar-refractivity contribution in [1.29, 1.82) is 0 Å². The fourth-order valence-electron chi connectivity index (χ4n) is 6.90. The van der Waals surface area contributed by atoms with Gasteiger partial charge >= 0.3 is 5.97 Å². The Balaban J connectivity index is 1.01. The van der Waals surface area contributed by atoms with Crippen LogP contribution in [-0.2, 0) is 11.3 Å². The molecule has 3 aliphatic carbocycles. The first-order valence-corrected chi connectivity index (χ1v) is 16.0. The summed E-state index contributed by atoms with van der Waals surface area (Å²) in [5.74, 6) is 1.24. The van der Waals surface area contributed by atoms with Crippen molar-refractivity contribution in [3.63, 3.8) is 0 Å². The van der Waals surface area contributed by atoms with Crippen LogP contribution < -0.4 is 4.90 Å². The molecule has 4 aliphatic rings. The molecule has 3 heterocycles. The molecular weight excluding hydrogens is 581 g/mol. The van der Waals surface area contributed by atoms with Gasteiger partial charge in [-0.05, 0) is 74.3 Å². The summed E-state index contributed by atoms with van der Waals surface area (Å²) >= 11 is 14.7. The van der Waals surface area contributed by atoms with Gasteiger partial charge in [-0.15, -0.1) is 0 Å². The van der Waals surface area contributed by atoms with E-state index in [0.29, 0.717) is 57.3 Å². The van der Waals surface area contributed by atoms with Crippen LogP contribution in [0.2, 0.25) is 10.0 Å². The second kappa shape index (κ2) is 9.97. The van der Waals surface area contributed by atoms with Crippen molar-refractivity contribution in [2.75, 3.05) is 11.4 Å². The molecule has 4 aromatic rings. The molecule has 0 amide bonds. The highest BCUT2D eigenvalue weighted by molar-refractivity contribution is 7.22. The first-order chi connectivity index (χ1) is 19.9. The molecule has 3 atom stereocenters. The Bertz CT molecular complexity index is 1660. The highest BCUT2D eigenvalue weighted by Crippen LogP contribution is 2.49. The van der Waals surface area contributed by atoms with Crippen molar-refractivity contribution in [3.8, 4) is 11.3 Å². The summed E-state index contributed by atoms with van der Waals surface area (Å²) in [7, 11) is 0. The van der Waals surface area contributed by atoms with Gasteiger partial charge in [0.15, 0.2) is 5.13 Å². The molecular formula is C31H29Cl2N3O4S. The van der Waals surface area contributed by atoms with Gasteiger partial charge in [-0.3, -0.25) is 0 Å². The monoisotopic (exact) mass is 609 g/mol. The maximum absolute atomic E-state index is 11.8. The minimum Gasteiger partial charge on any atom is -0.478 e. The SMILES string of the molecule is O=C(O)c1cc(C2CCC2)c2nc(N3C[C@H]4C[C@@H]3C[C@@H]4OCc3c(-c4c(Cl)cccc4Cl)noc3C3CC3)sc2c1. The average molecular weight is 611 g/mol. The van der Waals surface area contributed by atoms with E-state index in [-0.39, 0.29) is 6.10 Å². The second-order valence-electron chi connectivity index (χ2n) is 12.0. The van der Waals surface area contributed by atoms with Crippen LogP contribution in [0.25, 0.3) is 21.5 Å². The molecule has 2 bridgehead atoms. The molecule has 2 aromatic heterocycles. The fraction of sp³-hybridized carbons (Fsp3) is 0.452. The molecule has 0 spiro atoms. The largest absolute Gasteiger partial charge is 0.478 e. The molecule has 3 saturated carbocycles. The zero-order valence-corrected chi connectivity index (χ0v) is 24.6. The summed E-state index contributed by atoms with van der Waals surface area (Å²) in [6.45, 7) is 1.31. The summed E-state index contributed by atoms with van der Waals surface area (Å²) < 4.78 is 13.4. The number of benzene rings is 2. The number of nitrogens with zero attached hydrogens (tertiary/aromatic N) is 3. The van der Waals surface area contributed by atoms with Gasteiger partial charge in [0.25, 0.3) is 0 Å². The van der Waals surface area contributed by atoms with Gasteiger partial charge in [-0.2, -0.15) is 0 Å². The van der Waals surface area contributed by atoms with Crippen LogP contribution in [0.15, 0.2) is 34.9 Å². The van der Waals surface area contributed by atoms with Crippen LogP contribution in [0.3, 0.4) is 0 Å². The van der Waals surface area contributed by atoms with Crippen molar-refractivity contribution in [2.45, 2.75) is 75.5 Å². The van der Waals surface area contributed by atoms with Gasteiger partial charge in [-0.1, -0.05) is 52.2 Å². The molecule has 8 rings (SSSR count). The van der Waals surface area contributed by atoms with Crippen LogP contribution in [-0.4, -0.2) is 39.9 Å². The Labute approximate surface area is 251 Å². The Kier molecular flexibility index (Phi) is 6.33. The number of carboxylic acids is 1. The lowest BCUT2D eigenvalue weighted by atomic mass is 9.79. The number of halogens is 2. The Morgan fingerprint density at radius 1 is 1.12 bits per heavy atom. The zero-order valence-electron chi connectivity index (χ0n) is 22.3. The van der Waals surface area contributed by atoms with Crippen molar-refractivity contribution < 1.29 is 19.2 Å². The molecule has 1 aliphatic heterocycles. The van der Waals surface area contributed by atoms with Crippen molar-refractivity contribution in [2.24, 2.45) is 5.92 Å². The van der Waals surface area contributed by atoms with Crippen molar-refractivity contribution >= 4 is 55.9 Å². The molecule has 4 fully saturated rings. The lowest BCUT2D eigenvalue weighted by molar-refractivity contribution is 0.0122. The number of rotatable bonds is 8. The lowest BCUT2D eigenvalue weighted by Gasteiger charge is -2.31. The van der Waals surface area contributed by atoms with E-state index in [9.17, 15) is 9.90 Å². The van der Waals surface area contributed by atoms with E-state index >= 15 is 0 Å². The minimum atomic E-state index is -0.875. The number of anilines is 1. The number of carbonyl (C=O) groups is 1. The summed E-state index contributed by atoms with van der Waals surface area (Å²) in [6, 6.07) is 9.48. The van der Waals surface area contributed by atoms with Crippen LogP contribution in [0.5, 0.6) is 0 Å². The van der Waals surface area contributed by atoms with Gasteiger partial charge < -0.3 is 19.3 Å². The number of carboxylic acid groups (broad SMARTS) is 1. The second-order valence-corrected chi connectivity index (χ2v) is 13.8. The highest BCUT2D eigenvalue weighted by atomic mass is 35.5. The maximum atomic E-state index is 11.8. The molecule has 2 aromatic carbocycles. The van der Waals surface area contributed by atoms with Gasteiger partial charge in [0.05, 0.1) is 38.5 Å². The maximum Gasteiger partial charge on any atom is 0.335 e. The molecule has 1 saturated heterocycles. The zero-order chi connectivity index (χ0) is 27.8. The summed E-state index contributed by atoms with van der Waals surface area (Å²) in [5.41, 5.74) is 4.81. The molecule has 41 heavy (non-hydrogen) atoms. The van der Waals surface area contributed by atoms with Crippen LogP contribution in [0.4, 0.5) is 5.13 Å². The number of hydrogen-bond acceptors (Lipinski definition) is 7. The molecule has 1 N–H and O–H groups in total. The average Bonchev–Trinajstić information content (AvgIpc) is 3.25. The van der Waals surface area contributed by atoms with Gasteiger partial charge in [-0.25, -0.2) is 9.78 Å². The molecule has 0 radical (unpaired) electrons. The topological polar surface area (TPSA) is 88.7 Å². The Morgan fingerprint density at radius 2 is 1.93 bits per heavy atom. The van der Waals surface area contributed by atoms with E-state index in [1.165, 1.54) is 6.42 Å². The third-order valence-electron chi connectivity index (χ3n) is 9.44. The third-order valence-corrected chi connectivity index (χ3v) is 11.1. The van der Waals surface area contributed by atoms with E-state index in [1.54, 1.807) is 17.4 Å². The first kappa shape index (κ1) is 26.0. The van der Waals surface area contributed by atoms with Crippen molar-refractivity contribution in [3.05, 3.63) is 62.8 Å². The lowest BCUT2D eigenvalue weighted by Crippen LogP contribution is -2.38. The number of ether oxygens (including phenoxy) is 1. The van der Waals surface area contributed by atoms with Crippen molar-refractivity contribution in [1.82, 2.24) is 10.1 Å². The number of aromatic nitrogens is 2. The van der Waals surface area contributed by atoms with Crippen LogP contribution in [0, 0.1) is 5.92 Å². The summed E-state index contributed by atoms with van der Waals surface area (Å²) in [4.78, 5) is 19.3. The Morgan fingerprint density at radius 3 is 2.59 bits per heavy atom. The molecule has 10 heteroatoms. The normalized spacial score (nSPS) is 24.0. The van der Waals surface area contributed by atoms with Gasteiger partial charge in [0, 0.05) is 35.5 Å². The predicted octanol–water partition coefficient (Wildman–Crippen LogP) is 8.29. The number of aromatic carboxylic acids is 1. The quantitative estimate of drug-likeness (QED) is 0.215. The van der Waals surface area contributed by atoms with E-state index in [4.69, 9.17) is 37.4 Å².